The van der Waals surface area contributed by atoms with Crippen molar-refractivity contribution < 1.29 is 8.42 Å². The number of likely N-dealkylation sites (N-methyl/N-ethyl adjacent to an activating group) is 1. The van der Waals surface area contributed by atoms with Crippen LogP contribution in [0.2, 0.25) is 5.02 Å². The number of pyridine rings is 1. The predicted octanol–water partition coefficient (Wildman–Crippen LogP) is 1.64. The van der Waals surface area contributed by atoms with E-state index in [1.807, 2.05) is 32.8 Å². The third-order valence-corrected chi connectivity index (χ3v) is 4.78. The first-order chi connectivity index (χ1) is 9.67. The van der Waals surface area contributed by atoms with Gasteiger partial charge in [-0.25, -0.2) is 18.1 Å². The predicted molar refractivity (Wildman–Crippen MR) is 86.3 cm³/mol. The molecule has 0 radical (unpaired) electrons. The summed E-state index contributed by atoms with van der Waals surface area (Å²) in [7, 11) is 1.84. The molecule has 0 spiro atoms. The van der Waals surface area contributed by atoms with Gasteiger partial charge in [0.15, 0.2) is 0 Å². The largest absolute Gasteiger partial charge is 0.372 e. The number of hydrogen-bond acceptors (Lipinski definition) is 5. The van der Waals surface area contributed by atoms with Crippen molar-refractivity contribution >= 4 is 27.4 Å². The van der Waals surface area contributed by atoms with Gasteiger partial charge in [-0.15, -0.1) is 0 Å². The fourth-order valence-corrected chi connectivity index (χ4v) is 3.47. The zero-order valence-electron chi connectivity index (χ0n) is 13.0. The molecule has 0 fully saturated rings. The highest BCUT2D eigenvalue weighted by atomic mass is 35.5. The number of anilines is 1. The SMILES string of the molecule is CNc1ncc(S(=O)(=O)NC(CN(C)C)C(C)C)cc1Cl. The molecule has 0 saturated carbocycles. The number of halogens is 1. The van der Waals surface area contributed by atoms with E-state index in [9.17, 15) is 8.42 Å². The van der Waals surface area contributed by atoms with Crippen molar-refractivity contribution in [2.45, 2.75) is 24.8 Å². The standard InChI is InChI=1S/C13H23ClN4O2S/c1-9(2)12(8-18(4)5)17-21(19,20)10-6-11(14)13(15-3)16-7-10/h6-7,9,12,17H,8H2,1-5H3,(H,15,16). The quantitative estimate of drug-likeness (QED) is 0.793. The summed E-state index contributed by atoms with van der Waals surface area (Å²) < 4.78 is 27.6. The van der Waals surface area contributed by atoms with Crippen LogP contribution < -0.4 is 10.0 Å². The molecular weight excluding hydrogens is 312 g/mol. The summed E-state index contributed by atoms with van der Waals surface area (Å²) >= 11 is 5.99. The van der Waals surface area contributed by atoms with Crippen LogP contribution in [0, 0.1) is 5.92 Å². The van der Waals surface area contributed by atoms with Gasteiger partial charge in [0.25, 0.3) is 0 Å². The van der Waals surface area contributed by atoms with Crippen LogP contribution in [0.4, 0.5) is 5.82 Å². The molecule has 2 N–H and O–H groups in total. The van der Waals surface area contributed by atoms with Gasteiger partial charge in [0.2, 0.25) is 10.0 Å². The average Bonchev–Trinajstić information content (AvgIpc) is 2.36. The summed E-state index contributed by atoms with van der Waals surface area (Å²) in [5.74, 6) is 0.617. The second-order valence-corrected chi connectivity index (χ2v) is 7.61. The molecule has 1 aromatic heterocycles. The highest BCUT2D eigenvalue weighted by Crippen LogP contribution is 2.22. The minimum Gasteiger partial charge on any atom is -0.372 e. The lowest BCUT2D eigenvalue weighted by atomic mass is 10.1. The van der Waals surface area contributed by atoms with Crippen LogP contribution in [0.3, 0.4) is 0 Å². The van der Waals surface area contributed by atoms with Gasteiger partial charge in [0, 0.05) is 25.8 Å². The smallest absolute Gasteiger partial charge is 0.242 e. The maximum atomic E-state index is 12.4. The van der Waals surface area contributed by atoms with Crippen molar-refractivity contribution in [2.75, 3.05) is 33.0 Å². The Morgan fingerprint density at radius 3 is 2.43 bits per heavy atom. The molecule has 0 aromatic carbocycles. The van der Waals surface area contributed by atoms with Crippen LogP contribution in [-0.4, -0.2) is 52.0 Å². The lowest BCUT2D eigenvalue weighted by molar-refractivity contribution is 0.314. The van der Waals surface area contributed by atoms with E-state index in [-0.39, 0.29) is 21.9 Å². The van der Waals surface area contributed by atoms with Gasteiger partial charge in [-0.1, -0.05) is 25.4 Å². The minimum absolute atomic E-state index is 0.0657. The van der Waals surface area contributed by atoms with Gasteiger partial charge in [0.05, 0.1) is 5.02 Å². The lowest BCUT2D eigenvalue weighted by Crippen LogP contribution is -2.44. The van der Waals surface area contributed by atoms with Gasteiger partial charge in [-0.05, 0) is 26.1 Å². The summed E-state index contributed by atoms with van der Waals surface area (Å²) in [6.45, 7) is 4.57. The van der Waals surface area contributed by atoms with Crippen LogP contribution >= 0.6 is 11.6 Å². The summed E-state index contributed by atoms with van der Waals surface area (Å²) in [4.78, 5) is 6.02. The number of sulfonamides is 1. The van der Waals surface area contributed by atoms with E-state index in [0.717, 1.165) is 0 Å². The monoisotopic (exact) mass is 334 g/mol. The minimum atomic E-state index is -3.65. The van der Waals surface area contributed by atoms with Crippen LogP contribution in [0.25, 0.3) is 0 Å². The Kier molecular flexibility index (Phi) is 6.40. The van der Waals surface area contributed by atoms with Crippen LogP contribution in [0.15, 0.2) is 17.2 Å². The molecule has 8 heteroatoms. The van der Waals surface area contributed by atoms with Crippen molar-refractivity contribution in [2.24, 2.45) is 5.92 Å². The van der Waals surface area contributed by atoms with E-state index in [4.69, 9.17) is 11.6 Å². The van der Waals surface area contributed by atoms with E-state index in [0.29, 0.717) is 12.4 Å². The van der Waals surface area contributed by atoms with Crippen molar-refractivity contribution in [3.8, 4) is 0 Å². The Hall–Kier alpha value is -0.890. The molecule has 6 nitrogen and oxygen atoms in total. The molecule has 1 unspecified atom stereocenters. The Labute approximate surface area is 131 Å². The molecule has 21 heavy (non-hydrogen) atoms. The topological polar surface area (TPSA) is 74.3 Å². The molecule has 1 atom stereocenters. The van der Waals surface area contributed by atoms with Crippen molar-refractivity contribution in [1.29, 1.82) is 0 Å². The molecular formula is C13H23ClN4O2S. The van der Waals surface area contributed by atoms with Crippen molar-refractivity contribution in [3.63, 3.8) is 0 Å². The highest BCUT2D eigenvalue weighted by Gasteiger charge is 2.24. The van der Waals surface area contributed by atoms with Gasteiger partial charge in [0.1, 0.15) is 10.7 Å². The van der Waals surface area contributed by atoms with Gasteiger partial charge in [-0.3, -0.25) is 0 Å². The fraction of sp³-hybridized carbons (Fsp3) is 0.615. The molecule has 0 saturated heterocycles. The van der Waals surface area contributed by atoms with E-state index >= 15 is 0 Å². The van der Waals surface area contributed by atoms with E-state index in [1.165, 1.54) is 12.3 Å². The Morgan fingerprint density at radius 1 is 1.38 bits per heavy atom. The van der Waals surface area contributed by atoms with E-state index in [1.54, 1.807) is 7.05 Å². The summed E-state index contributed by atoms with van der Waals surface area (Å²) in [6.07, 6.45) is 1.30. The first-order valence-electron chi connectivity index (χ1n) is 6.67. The molecule has 0 bridgehead atoms. The number of nitrogens with one attached hydrogen (secondary N) is 2. The maximum Gasteiger partial charge on any atom is 0.242 e. The number of nitrogens with zero attached hydrogens (tertiary/aromatic N) is 2. The Morgan fingerprint density at radius 2 is 2.00 bits per heavy atom. The third kappa shape index (κ3) is 5.10. The summed E-state index contributed by atoms with van der Waals surface area (Å²) in [5.41, 5.74) is 0. The van der Waals surface area contributed by atoms with Crippen LogP contribution in [0.1, 0.15) is 13.8 Å². The Balaban J connectivity index is 3.01. The van der Waals surface area contributed by atoms with Crippen molar-refractivity contribution in [1.82, 2.24) is 14.6 Å². The van der Waals surface area contributed by atoms with Crippen molar-refractivity contribution in [3.05, 3.63) is 17.3 Å². The molecule has 1 rings (SSSR count). The van der Waals surface area contributed by atoms with Crippen LogP contribution in [-0.2, 0) is 10.0 Å². The lowest BCUT2D eigenvalue weighted by Gasteiger charge is -2.25. The van der Waals surface area contributed by atoms with Gasteiger partial charge < -0.3 is 10.2 Å². The van der Waals surface area contributed by atoms with Gasteiger partial charge >= 0.3 is 0 Å². The number of rotatable bonds is 7. The molecule has 1 heterocycles. The van der Waals surface area contributed by atoms with Crippen LogP contribution in [0.5, 0.6) is 0 Å². The first kappa shape index (κ1) is 18.2. The molecule has 0 aliphatic carbocycles. The molecule has 0 aliphatic heterocycles. The number of aromatic nitrogens is 1. The fourth-order valence-electron chi connectivity index (χ4n) is 1.80. The summed E-state index contributed by atoms with van der Waals surface area (Å²) in [6, 6.07) is 1.21. The van der Waals surface area contributed by atoms with E-state index in [2.05, 4.69) is 15.0 Å². The molecule has 0 amide bonds. The second-order valence-electron chi connectivity index (χ2n) is 5.49. The highest BCUT2D eigenvalue weighted by molar-refractivity contribution is 7.89. The first-order valence-corrected chi connectivity index (χ1v) is 8.54. The summed E-state index contributed by atoms with van der Waals surface area (Å²) in [5, 5.41) is 3.07. The Bertz CT molecular complexity index is 576. The third-order valence-electron chi connectivity index (χ3n) is 3.04. The van der Waals surface area contributed by atoms with Gasteiger partial charge in [-0.2, -0.15) is 0 Å². The molecule has 0 aliphatic rings. The average molecular weight is 335 g/mol. The zero-order valence-corrected chi connectivity index (χ0v) is 14.6. The maximum absolute atomic E-state index is 12.4. The zero-order chi connectivity index (χ0) is 16.2. The van der Waals surface area contributed by atoms with E-state index < -0.39 is 10.0 Å². The molecule has 1 aromatic rings. The number of hydrogen-bond donors (Lipinski definition) is 2. The normalized spacial score (nSPS) is 13.7. The second kappa shape index (κ2) is 7.40. The molecule has 120 valence electrons.